The molecule has 0 N–H and O–H groups in total. The minimum atomic E-state index is -0.457. The van der Waals surface area contributed by atoms with Crippen molar-refractivity contribution in [2.75, 3.05) is 13.2 Å². The largest absolute Gasteiger partial charge is 0.291 e. The van der Waals surface area contributed by atoms with E-state index in [1.54, 1.807) is 24.4 Å². The van der Waals surface area contributed by atoms with Gasteiger partial charge in [-0.1, -0.05) is 24.3 Å². The minimum absolute atomic E-state index is 0.257. The molecule has 0 radical (unpaired) electrons. The van der Waals surface area contributed by atoms with E-state index in [9.17, 15) is 8.78 Å². The molecule has 1 aromatic carbocycles. The Morgan fingerprint density at radius 3 is 2.47 bits per heavy atom. The molecule has 1 aromatic heterocycles. The number of nitrogens with zero attached hydrogens (tertiary/aromatic N) is 2. The Bertz CT molecular complexity index is 503. The predicted molar refractivity (Wildman–Crippen MR) is 70.7 cm³/mol. The van der Waals surface area contributed by atoms with Crippen molar-refractivity contribution in [3.05, 3.63) is 65.7 Å². The lowest BCUT2D eigenvalue weighted by atomic mass is 10.2. The Kier molecular flexibility index (Phi) is 4.98. The first-order valence-electron chi connectivity index (χ1n) is 6.21. The molecule has 0 aliphatic rings. The van der Waals surface area contributed by atoms with Gasteiger partial charge in [0, 0.05) is 31.4 Å². The maximum absolute atomic E-state index is 13.6. The molecule has 0 atom stereocenters. The third-order valence-electron chi connectivity index (χ3n) is 2.86. The molecule has 0 fully saturated rings. The van der Waals surface area contributed by atoms with Gasteiger partial charge in [0.05, 0.1) is 5.69 Å². The van der Waals surface area contributed by atoms with E-state index < -0.39 is 6.67 Å². The second-order valence-electron chi connectivity index (χ2n) is 4.31. The van der Waals surface area contributed by atoms with Crippen molar-refractivity contribution < 1.29 is 8.78 Å². The van der Waals surface area contributed by atoms with Crippen molar-refractivity contribution in [2.24, 2.45) is 0 Å². The summed E-state index contributed by atoms with van der Waals surface area (Å²) in [5, 5.41) is 0. The van der Waals surface area contributed by atoms with E-state index in [0.29, 0.717) is 18.7 Å². The van der Waals surface area contributed by atoms with E-state index >= 15 is 0 Å². The van der Waals surface area contributed by atoms with Crippen LogP contribution < -0.4 is 0 Å². The van der Waals surface area contributed by atoms with Crippen molar-refractivity contribution in [3.8, 4) is 0 Å². The number of rotatable bonds is 6. The molecule has 0 unspecified atom stereocenters. The monoisotopic (exact) mass is 262 g/mol. The number of benzene rings is 1. The van der Waals surface area contributed by atoms with Crippen LogP contribution in [0.25, 0.3) is 0 Å². The summed E-state index contributed by atoms with van der Waals surface area (Å²) in [6, 6.07) is 12.2. The van der Waals surface area contributed by atoms with Crippen LogP contribution in [0.4, 0.5) is 8.78 Å². The van der Waals surface area contributed by atoms with Gasteiger partial charge in [0.15, 0.2) is 0 Å². The lowest BCUT2D eigenvalue weighted by molar-refractivity contribution is 0.227. The van der Waals surface area contributed by atoms with Crippen LogP contribution in [-0.2, 0) is 13.1 Å². The molecule has 2 rings (SSSR count). The smallest absolute Gasteiger partial charge is 0.127 e. The third kappa shape index (κ3) is 4.10. The van der Waals surface area contributed by atoms with E-state index in [2.05, 4.69) is 4.98 Å². The van der Waals surface area contributed by atoms with Crippen LogP contribution in [0.2, 0.25) is 0 Å². The molecule has 1 heterocycles. The highest BCUT2D eigenvalue weighted by molar-refractivity contribution is 5.17. The Balaban J connectivity index is 2.06. The summed E-state index contributed by atoms with van der Waals surface area (Å²) in [5.74, 6) is -0.257. The molecule has 100 valence electrons. The number of halogens is 2. The number of hydrogen-bond acceptors (Lipinski definition) is 2. The van der Waals surface area contributed by atoms with Gasteiger partial charge in [0.25, 0.3) is 0 Å². The average molecular weight is 262 g/mol. The quantitative estimate of drug-likeness (QED) is 0.794. The summed E-state index contributed by atoms with van der Waals surface area (Å²) in [4.78, 5) is 6.05. The predicted octanol–water partition coefficient (Wildman–Crippen LogP) is 3.19. The topological polar surface area (TPSA) is 16.1 Å². The summed E-state index contributed by atoms with van der Waals surface area (Å²) in [5.41, 5.74) is 1.43. The molecule has 0 amide bonds. The maximum Gasteiger partial charge on any atom is 0.127 e. The fourth-order valence-corrected chi connectivity index (χ4v) is 1.92. The number of hydrogen-bond donors (Lipinski definition) is 0. The summed E-state index contributed by atoms with van der Waals surface area (Å²) in [6.07, 6.45) is 1.70. The molecule has 0 aliphatic carbocycles. The maximum atomic E-state index is 13.6. The second kappa shape index (κ2) is 6.95. The summed E-state index contributed by atoms with van der Waals surface area (Å²) in [6.45, 7) is 0.707. The minimum Gasteiger partial charge on any atom is -0.291 e. The van der Waals surface area contributed by atoms with Gasteiger partial charge in [-0.3, -0.25) is 9.88 Å². The summed E-state index contributed by atoms with van der Waals surface area (Å²) >= 11 is 0. The number of pyridine rings is 1. The van der Waals surface area contributed by atoms with E-state index in [0.717, 1.165) is 5.69 Å². The van der Waals surface area contributed by atoms with E-state index in [-0.39, 0.29) is 12.4 Å². The average Bonchev–Trinajstić information content (AvgIpc) is 2.43. The summed E-state index contributed by atoms with van der Waals surface area (Å²) < 4.78 is 26.2. The lowest BCUT2D eigenvalue weighted by Crippen LogP contribution is -2.26. The molecule has 0 saturated heterocycles. The van der Waals surface area contributed by atoms with Crippen molar-refractivity contribution >= 4 is 0 Å². The van der Waals surface area contributed by atoms with Gasteiger partial charge in [0.1, 0.15) is 12.5 Å². The van der Waals surface area contributed by atoms with Gasteiger partial charge >= 0.3 is 0 Å². The second-order valence-corrected chi connectivity index (χ2v) is 4.31. The number of alkyl halides is 1. The fraction of sp³-hybridized carbons (Fsp3) is 0.267. The Labute approximate surface area is 111 Å². The van der Waals surface area contributed by atoms with Crippen molar-refractivity contribution in [3.63, 3.8) is 0 Å². The highest BCUT2D eigenvalue weighted by atomic mass is 19.1. The van der Waals surface area contributed by atoms with Crippen LogP contribution in [-0.4, -0.2) is 23.1 Å². The molecular weight excluding hydrogens is 246 g/mol. The Morgan fingerprint density at radius 2 is 1.79 bits per heavy atom. The highest BCUT2D eigenvalue weighted by Crippen LogP contribution is 2.12. The van der Waals surface area contributed by atoms with Crippen molar-refractivity contribution in [1.82, 2.24) is 9.88 Å². The van der Waals surface area contributed by atoms with Gasteiger partial charge in [-0.25, -0.2) is 8.78 Å². The molecule has 2 nitrogen and oxygen atoms in total. The van der Waals surface area contributed by atoms with Crippen LogP contribution in [0, 0.1) is 5.82 Å². The van der Waals surface area contributed by atoms with E-state index in [1.807, 2.05) is 23.1 Å². The molecule has 19 heavy (non-hydrogen) atoms. The Hall–Kier alpha value is -1.81. The third-order valence-corrected chi connectivity index (χ3v) is 2.86. The van der Waals surface area contributed by atoms with Crippen LogP contribution >= 0.6 is 0 Å². The molecular formula is C15H16F2N2. The molecule has 0 bridgehead atoms. The zero-order valence-corrected chi connectivity index (χ0v) is 10.6. The highest BCUT2D eigenvalue weighted by Gasteiger charge is 2.10. The van der Waals surface area contributed by atoms with E-state index in [4.69, 9.17) is 0 Å². The fourth-order valence-electron chi connectivity index (χ4n) is 1.92. The lowest BCUT2D eigenvalue weighted by Gasteiger charge is -2.20. The van der Waals surface area contributed by atoms with Gasteiger partial charge in [0.2, 0.25) is 0 Å². The first-order valence-corrected chi connectivity index (χ1v) is 6.21. The van der Waals surface area contributed by atoms with E-state index in [1.165, 1.54) is 6.07 Å². The number of aromatic nitrogens is 1. The van der Waals surface area contributed by atoms with Crippen LogP contribution in [0.1, 0.15) is 11.3 Å². The zero-order valence-electron chi connectivity index (χ0n) is 10.6. The SMILES string of the molecule is FCCN(Cc1ccccn1)Cc1ccccc1F. The van der Waals surface area contributed by atoms with Crippen molar-refractivity contribution in [2.45, 2.75) is 13.1 Å². The first kappa shape index (κ1) is 13.6. The normalized spacial score (nSPS) is 10.9. The standard InChI is InChI=1S/C15H16F2N2/c16-8-10-19(12-14-6-3-4-9-18-14)11-13-5-1-2-7-15(13)17/h1-7,9H,8,10-12H2. The molecule has 2 aromatic rings. The van der Waals surface area contributed by atoms with Crippen molar-refractivity contribution in [1.29, 1.82) is 0 Å². The van der Waals surface area contributed by atoms with Gasteiger partial charge in [-0.2, -0.15) is 0 Å². The molecule has 0 saturated carbocycles. The first-order chi connectivity index (χ1) is 9.29. The summed E-state index contributed by atoms with van der Waals surface area (Å²) in [7, 11) is 0. The Morgan fingerprint density at radius 1 is 1.00 bits per heavy atom. The van der Waals surface area contributed by atoms with Gasteiger partial charge in [-0.15, -0.1) is 0 Å². The van der Waals surface area contributed by atoms with Crippen LogP contribution in [0.15, 0.2) is 48.7 Å². The van der Waals surface area contributed by atoms with Gasteiger partial charge < -0.3 is 0 Å². The van der Waals surface area contributed by atoms with Crippen LogP contribution in [0.3, 0.4) is 0 Å². The zero-order chi connectivity index (χ0) is 13.5. The van der Waals surface area contributed by atoms with Gasteiger partial charge in [-0.05, 0) is 18.2 Å². The molecule has 0 spiro atoms. The molecule has 4 heteroatoms. The van der Waals surface area contributed by atoms with Crippen LogP contribution in [0.5, 0.6) is 0 Å². The molecule has 0 aliphatic heterocycles.